The minimum atomic E-state index is 0.537. The molecule has 28 heavy (non-hydrogen) atoms. The Bertz CT molecular complexity index is 1350. The zero-order chi connectivity index (χ0) is 19.1. The van der Waals surface area contributed by atoms with Crippen LogP contribution in [0.5, 0.6) is 0 Å². The second-order valence-corrected chi connectivity index (χ2v) is 6.60. The number of nitrogens with one attached hydrogen (secondary N) is 1. The number of aryl methyl sites for hydroxylation is 1. The van der Waals surface area contributed by atoms with Gasteiger partial charge in [-0.15, -0.1) is 0 Å². The number of nitrogen functional groups attached to an aromatic ring is 1. The molecule has 5 rings (SSSR count). The zero-order valence-electron chi connectivity index (χ0n) is 15.2. The molecule has 3 aromatic carbocycles. The number of hydrazone groups is 1. The van der Waals surface area contributed by atoms with Gasteiger partial charge in [0, 0.05) is 5.69 Å². The van der Waals surface area contributed by atoms with Crippen molar-refractivity contribution < 1.29 is 4.42 Å². The summed E-state index contributed by atoms with van der Waals surface area (Å²) < 4.78 is 6.09. The van der Waals surface area contributed by atoms with Crippen molar-refractivity contribution in [2.45, 2.75) is 6.92 Å². The summed E-state index contributed by atoms with van der Waals surface area (Å²) in [7, 11) is 0. The van der Waals surface area contributed by atoms with E-state index in [1.807, 2.05) is 55.5 Å². The molecule has 0 amide bonds. The number of anilines is 2. The molecule has 0 bridgehead atoms. The average Bonchev–Trinajstić information content (AvgIpc) is 3.08. The van der Waals surface area contributed by atoms with Gasteiger partial charge in [0.25, 0.3) is 0 Å². The number of hydrogen-bond donors (Lipinski definition) is 2. The molecule has 0 aliphatic heterocycles. The van der Waals surface area contributed by atoms with E-state index in [2.05, 4.69) is 32.6 Å². The second-order valence-electron chi connectivity index (χ2n) is 6.60. The Morgan fingerprint density at radius 1 is 1.00 bits per heavy atom. The van der Waals surface area contributed by atoms with Crippen LogP contribution in [0, 0.1) is 6.92 Å². The first kappa shape index (κ1) is 16.3. The van der Waals surface area contributed by atoms with Crippen molar-refractivity contribution in [3.8, 4) is 0 Å². The molecule has 0 saturated carbocycles. The summed E-state index contributed by atoms with van der Waals surface area (Å²) in [5.74, 6) is 1.18. The van der Waals surface area contributed by atoms with E-state index < -0.39 is 0 Å². The Morgan fingerprint density at radius 3 is 2.68 bits per heavy atom. The molecule has 136 valence electrons. The molecule has 5 aromatic rings. The van der Waals surface area contributed by atoms with Gasteiger partial charge in [-0.2, -0.15) is 5.10 Å². The van der Waals surface area contributed by atoms with Gasteiger partial charge in [0.05, 0.1) is 11.6 Å². The van der Waals surface area contributed by atoms with Gasteiger partial charge in [0.1, 0.15) is 16.9 Å². The smallest absolute Gasteiger partial charge is 0.197 e. The molecule has 2 aromatic heterocycles. The maximum atomic E-state index is 6.09. The van der Waals surface area contributed by atoms with Gasteiger partial charge in [-0.3, -0.25) is 5.43 Å². The first-order valence-corrected chi connectivity index (χ1v) is 8.92. The van der Waals surface area contributed by atoms with Crippen LogP contribution in [0.15, 0.2) is 70.2 Å². The van der Waals surface area contributed by atoms with Crippen molar-refractivity contribution in [3.05, 3.63) is 72.1 Å². The minimum absolute atomic E-state index is 0.537. The highest BCUT2D eigenvalue weighted by Crippen LogP contribution is 2.35. The number of furan rings is 1. The Morgan fingerprint density at radius 2 is 1.82 bits per heavy atom. The van der Waals surface area contributed by atoms with Crippen LogP contribution in [-0.4, -0.2) is 16.2 Å². The summed E-state index contributed by atoms with van der Waals surface area (Å²) in [5, 5.41) is 7.54. The zero-order valence-corrected chi connectivity index (χ0v) is 15.2. The van der Waals surface area contributed by atoms with E-state index in [-0.39, 0.29) is 0 Å². The number of nitrogens with two attached hydrogens (primary N) is 1. The van der Waals surface area contributed by atoms with Crippen molar-refractivity contribution in [2.75, 3.05) is 11.2 Å². The Balaban J connectivity index is 1.63. The number of nitrogens with zero attached hydrogens (tertiary/aromatic N) is 3. The standard InChI is InChI=1S/C22H17N5O/c1-13-25-20-19-17-5-3-2-4-15(17)8-11-18(19)28-21(20)22(26-13)27-24-12-14-6-9-16(23)10-7-14/h2-12H,23H2,1H3,(H,25,26,27)/b24-12+. The topological polar surface area (TPSA) is 89.3 Å². The summed E-state index contributed by atoms with van der Waals surface area (Å²) in [6.07, 6.45) is 1.71. The van der Waals surface area contributed by atoms with Crippen LogP contribution in [0.2, 0.25) is 0 Å². The lowest BCUT2D eigenvalue weighted by atomic mass is 10.1. The molecule has 0 spiro atoms. The molecule has 0 atom stereocenters. The molecular weight excluding hydrogens is 350 g/mol. The van der Waals surface area contributed by atoms with E-state index >= 15 is 0 Å². The van der Waals surface area contributed by atoms with Gasteiger partial charge >= 0.3 is 0 Å². The summed E-state index contributed by atoms with van der Waals surface area (Å²) in [5.41, 5.74) is 12.5. The molecule has 6 nitrogen and oxygen atoms in total. The summed E-state index contributed by atoms with van der Waals surface area (Å²) in [6.45, 7) is 1.86. The predicted octanol–water partition coefficient (Wildman–Crippen LogP) is 4.87. The lowest BCUT2D eigenvalue weighted by molar-refractivity contribution is 0.666. The summed E-state index contributed by atoms with van der Waals surface area (Å²) in [6, 6.07) is 19.7. The quantitative estimate of drug-likeness (QED) is 0.270. The number of fused-ring (bicyclic) bond motifs is 5. The largest absolute Gasteiger partial charge is 0.450 e. The number of hydrogen-bond acceptors (Lipinski definition) is 6. The molecule has 0 unspecified atom stereocenters. The highest BCUT2D eigenvalue weighted by molar-refractivity contribution is 6.18. The monoisotopic (exact) mass is 367 g/mol. The van der Waals surface area contributed by atoms with E-state index in [9.17, 15) is 0 Å². The molecule has 0 fully saturated rings. The molecule has 2 heterocycles. The van der Waals surface area contributed by atoms with E-state index in [1.165, 1.54) is 0 Å². The summed E-state index contributed by atoms with van der Waals surface area (Å²) >= 11 is 0. The van der Waals surface area contributed by atoms with Crippen molar-refractivity contribution in [1.82, 2.24) is 9.97 Å². The van der Waals surface area contributed by atoms with Gasteiger partial charge in [-0.05, 0) is 41.5 Å². The second kappa shape index (κ2) is 6.35. The SMILES string of the molecule is Cc1nc(N/N=C/c2ccc(N)cc2)c2oc3ccc4ccccc4c3c2n1. The highest BCUT2D eigenvalue weighted by atomic mass is 16.3. The first-order chi connectivity index (χ1) is 13.7. The first-order valence-electron chi connectivity index (χ1n) is 8.92. The van der Waals surface area contributed by atoms with E-state index in [0.717, 1.165) is 32.8 Å². The van der Waals surface area contributed by atoms with E-state index in [1.54, 1.807) is 6.21 Å². The molecule has 0 saturated heterocycles. The number of rotatable bonds is 3. The van der Waals surface area contributed by atoms with Crippen LogP contribution in [-0.2, 0) is 0 Å². The van der Waals surface area contributed by atoms with Gasteiger partial charge in [-0.1, -0.05) is 42.5 Å². The third kappa shape index (κ3) is 2.72. The summed E-state index contributed by atoms with van der Waals surface area (Å²) in [4.78, 5) is 9.11. The predicted molar refractivity (Wildman–Crippen MR) is 114 cm³/mol. The van der Waals surface area contributed by atoms with Crippen LogP contribution < -0.4 is 11.2 Å². The van der Waals surface area contributed by atoms with Crippen molar-refractivity contribution in [1.29, 1.82) is 0 Å². The average molecular weight is 367 g/mol. The fourth-order valence-electron chi connectivity index (χ4n) is 3.35. The fraction of sp³-hybridized carbons (Fsp3) is 0.0455. The Labute approximate surface area is 160 Å². The maximum Gasteiger partial charge on any atom is 0.197 e. The Hall–Kier alpha value is -3.93. The number of benzene rings is 3. The van der Waals surface area contributed by atoms with Crippen molar-refractivity contribution in [3.63, 3.8) is 0 Å². The molecule has 0 radical (unpaired) electrons. The van der Waals surface area contributed by atoms with Gasteiger partial charge in [-0.25, -0.2) is 9.97 Å². The molecule has 0 aliphatic carbocycles. The third-order valence-corrected chi connectivity index (χ3v) is 4.64. The highest BCUT2D eigenvalue weighted by Gasteiger charge is 2.16. The van der Waals surface area contributed by atoms with Gasteiger partial charge < -0.3 is 10.2 Å². The number of aromatic nitrogens is 2. The lowest BCUT2D eigenvalue weighted by Crippen LogP contribution is -1.98. The minimum Gasteiger partial charge on any atom is -0.450 e. The van der Waals surface area contributed by atoms with Crippen molar-refractivity contribution in [2.24, 2.45) is 5.10 Å². The molecule has 6 heteroatoms. The normalized spacial score (nSPS) is 11.8. The van der Waals surface area contributed by atoms with Crippen LogP contribution in [0.1, 0.15) is 11.4 Å². The molecule has 3 N–H and O–H groups in total. The molecule has 0 aliphatic rings. The third-order valence-electron chi connectivity index (χ3n) is 4.64. The van der Waals surface area contributed by atoms with Crippen LogP contribution in [0.4, 0.5) is 11.5 Å². The van der Waals surface area contributed by atoms with Crippen LogP contribution in [0.25, 0.3) is 32.8 Å². The van der Waals surface area contributed by atoms with Crippen molar-refractivity contribution >= 4 is 50.6 Å². The van der Waals surface area contributed by atoms with E-state index in [0.29, 0.717) is 22.9 Å². The molecular formula is C22H17N5O. The van der Waals surface area contributed by atoms with Crippen LogP contribution in [0.3, 0.4) is 0 Å². The lowest BCUT2D eigenvalue weighted by Gasteiger charge is -2.02. The van der Waals surface area contributed by atoms with Gasteiger partial charge in [0.15, 0.2) is 11.4 Å². The van der Waals surface area contributed by atoms with Gasteiger partial charge in [0.2, 0.25) is 0 Å². The Kier molecular flexibility index (Phi) is 3.69. The van der Waals surface area contributed by atoms with Crippen LogP contribution >= 0.6 is 0 Å². The fourth-order valence-corrected chi connectivity index (χ4v) is 3.35. The van der Waals surface area contributed by atoms with E-state index in [4.69, 9.17) is 10.2 Å². The maximum absolute atomic E-state index is 6.09.